The fourth-order valence-electron chi connectivity index (χ4n) is 2.43. The van der Waals surface area contributed by atoms with Crippen LogP contribution in [-0.2, 0) is 15.5 Å². The standard InChI is InChI=1S/C14H13F7O4S/c1-3-6-26(24,25)10-7(2)8(11(22)23)4-5-9(10)12(15,13(16,17)18)14(19,20)21/h4-5H,3,6H2,1-2H3,(H,22,23). The molecule has 0 aliphatic heterocycles. The van der Waals surface area contributed by atoms with Crippen molar-refractivity contribution in [2.45, 2.75) is 43.2 Å². The molecule has 0 radical (unpaired) electrons. The highest BCUT2D eigenvalue weighted by molar-refractivity contribution is 7.91. The van der Waals surface area contributed by atoms with E-state index in [1.807, 2.05) is 0 Å². The molecule has 0 saturated carbocycles. The Bertz CT molecular complexity index is 796. The van der Waals surface area contributed by atoms with E-state index in [0.29, 0.717) is 13.0 Å². The quantitative estimate of drug-likeness (QED) is 0.740. The number of carboxylic acids is 1. The topological polar surface area (TPSA) is 71.4 Å². The summed E-state index contributed by atoms with van der Waals surface area (Å²) in [5.41, 5.74) is -9.94. The second-order valence-corrected chi connectivity index (χ2v) is 7.44. The maximum Gasteiger partial charge on any atom is 0.435 e. The van der Waals surface area contributed by atoms with Crippen molar-refractivity contribution in [3.05, 3.63) is 28.8 Å². The average Bonchev–Trinajstić information content (AvgIpc) is 2.42. The molecular weight excluding hydrogens is 397 g/mol. The van der Waals surface area contributed by atoms with Crippen LogP contribution in [0, 0.1) is 6.92 Å². The first-order valence-corrected chi connectivity index (χ1v) is 8.60. The lowest BCUT2D eigenvalue weighted by molar-refractivity contribution is -0.349. The van der Waals surface area contributed by atoms with E-state index < -0.39 is 61.2 Å². The van der Waals surface area contributed by atoms with Crippen LogP contribution in [0.1, 0.15) is 34.8 Å². The zero-order valence-electron chi connectivity index (χ0n) is 13.3. The number of hydrogen-bond donors (Lipinski definition) is 1. The molecule has 0 spiro atoms. The van der Waals surface area contributed by atoms with Crippen molar-refractivity contribution in [1.82, 2.24) is 0 Å². The van der Waals surface area contributed by atoms with Gasteiger partial charge in [0, 0.05) is 5.56 Å². The third kappa shape index (κ3) is 3.51. The lowest BCUT2D eigenvalue weighted by Crippen LogP contribution is -2.51. The summed E-state index contributed by atoms with van der Waals surface area (Å²) in [5, 5.41) is 8.97. The van der Waals surface area contributed by atoms with E-state index in [0.717, 1.165) is 0 Å². The molecule has 0 aliphatic carbocycles. The largest absolute Gasteiger partial charge is 0.478 e. The number of carboxylic acid groups (broad SMARTS) is 1. The maximum absolute atomic E-state index is 14.4. The molecular formula is C14H13F7O4S. The molecule has 0 unspecified atom stereocenters. The number of hydrogen-bond acceptors (Lipinski definition) is 3. The number of benzene rings is 1. The van der Waals surface area contributed by atoms with E-state index in [-0.39, 0.29) is 12.5 Å². The number of rotatable bonds is 5. The first-order chi connectivity index (χ1) is 11.5. The maximum atomic E-state index is 14.4. The normalized spacial score (nSPS) is 13.7. The van der Waals surface area contributed by atoms with E-state index in [9.17, 15) is 43.9 Å². The first-order valence-electron chi connectivity index (χ1n) is 6.94. The Morgan fingerprint density at radius 3 is 1.85 bits per heavy atom. The Balaban J connectivity index is 4.11. The van der Waals surface area contributed by atoms with Gasteiger partial charge in [-0.25, -0.2) is 17.6 Å². The molecule has 0 aliphatic rings. The number of halogens is 7. The van der Waals surface area contributed by atoms with Crippen LogP contribution in [0.25, 0.3) is 0 Å². The van der Waals surface area contributed by atoms with Crippen LogP contribution in [-0.4, -0.2) is 37.6 Å². The Labute approximate surface area is 143 Å². The molecule has 1 rings (SSSR count). The summed E-state index contributed by atoms with van der Waals surface area (Å²) in [4.78, 5) is 9.47. The fourth-order valence-corrected chi connectivity index (χ4v) is 4.29. The molecule has 12 heteroatoms. The summed E-state index contributed by atoms with van der Waals surface area (Å²) >= 11 is 0. The Hall–Kier alpha value is -1.85. The van der Waals surface area contributed by atoms with Crippen molar-refractivity contribution < 1.29 is 49.1 Å². The van der Waals surface area contributed by atoms with Gasteiger partial charge in [0.1, 0.15) is 0 Å². The molecule has 0 heterocycles. The summed E-state index contributed by atoms with van der Waals surface area (Å²) in [6.45, 7) is 1.99. The zero-order chi connectivity index (χ0) is 20.7. The third-order valence-electron chi connectivity index (χ3n) is 3.57. The van der Waals surface area contributed by atoms with Gasteiger partial charge in [0.25, 0.3) is 0 Å². The molecule has 148 valence electrons. The minimum absolute atomic E-state index is 0.0972. The van der Waals surface area contributed by atoms with Crippen molar-refractivity contribution in [2.75, 3.05) is 5.75 Å². The molecule has 0 fully saturated rings. The van der Waals surface area contributed by atoms with Crippen LogP contribution >= 0.6 is 0 Å². The fraction of sp³-hybridized carbons (Fsp3) is 0.500. The number of carbonyl (C=O) groups is 1. The molecule has 1 aromatic carbocycles. The average molecular weight is 410 g/mol. The summed E-state index contributed by atoms with van der Waals surface area (Å²) in [7, 11) is -4.83. The van der Waals surface area contributed by atoms with E-state index in [4.69, 9.17) is 5.11 Å². The molecule has 1 aromatic rings. The third-order valence-corrected chi connectivity index (χ3v) is 5.67. The van der Waals surface area contributed by atoms with Crippen LogP contribution in [0.3, 0.4) is 0 Å². The van der Waals surface area contributed by atoms with E-state index in [2.05, 4.69) is 0 Å². The van der Waals surface area contributed by atoms with Crippen molar-refractivity contribution in [3.63, 3.8) is 0 Å². The van der Waals surface area contributed by atoms with Gasteiger partial charge in [-0.2, -0.15) is 26.3 Å². The van der Waals surface area contributed by atoms with Gasteiger partial charge in [-0.3, -0.25) is 0 Å². The minimum Gasteiger partial charge on any atom is -0.478 e. The molecule has 0 amide bonds. The lowest BCUT2D eigenvalue weighted by Gasteiger charge is -2.32. The number of sulfone groups is 1. The monoisotopic (exact) mass is 410 g/mol. The molecule has 1 N–H and O–H groups in total. The van der Waals surface area contributed by atoms with E-state index in [1.165, 1.54) is 6.92 Å². The summed E-state index contributed by atoms with van der Waals surface area (Å²) in [5.74, 6) is -2.68. The summed E-state index contributed by atoms with van der Waals surface area (Å²) in [6, 6.07) is 0.212. The van der Waals surface area contributed by atoms with Gasteiger partial charge in [-0.1, -0.05) is 13.0 Å². The predicted molar refractivity (Wildman–Crippen MR) is 75.4 cm³/mol. The highest BCUT2D eigenvalue weighted by Gasteiger charge is 2.74. The molecule has 4 nitrogen and oxygen atoms in total. The van der Waals surface area contributed by atoms with Gasteiger partial charge in [-0.15, -0.1) is 0 Å². The zero-order valence-corrected chi connectivity index (χ0v) is 14.1. The van der Waals surface area contributed by atoms with Crippen molar-refractivity contribution >= 4 is 15.8 Å². The number of aromatic carboxylic acids is 1. The molecule has 26 heavy (non-hydrogen) atoms. The number of alkyl halides is 7. The Morgan fingerprint density at radius 1 is 1.04 bits per heavy atom. The lowest BCUT2D eigenvalue weighted by atomic mass is 9.91. The highest BCUT2D eigenvalue weighted by Crippen LogP contribution is 2.55. The van der Waals surface area contributed by atoms with Crippen LogP contribution in [0.2, 0.25) is 0 Å². The van der Waals surface area contributed by atoms with Gasteiger partial charge in [0.05, 0.1) is 16.2 Å². The van der Waals surface area contributed by atoms with Crippen LogP contribution in [0.15, 0.2) is 17.0 Å². The Morgan fingerprint density at radius 2 is 1.50 bits per heavy atom. The van der Waals surface area contributed by atoms with E-state index in [1.54, 1.807) is 0 Å². The molecule has 0 saturated heterocycles. The van der Waals surface area contributed by atoms with Gasteiger partial charge < -0.3 is 5.11 Å². The first kappa shape index (κ1) is 22.2. The van der Waals surface area contributed by atoms with Gasteiger partial charge >= 0.3 is 24.0 Å². The van der Waals surface area contributed by atoms with Crippen LogP contribution < -0.4 is 0 Å². The second kappa shape index (κ2) is 6.71. The van der Waals surface area contributed by atoms with Crippen LogP contribution in [0.4, 0.5) is 30.7 Å². The summed E-state index contributed by atoms with van der Waals surface area (Å²) < 4.78 is 117. The SMILES string of the molecule is CCCS(=O)(=O)c1c(C(F)(C(F)(F)F)C(F)(F)F)ccc(C(=O)O)c1C. The minimum atomic E-state index is -6.53. The predicted octanol–water partition coefficient (Wildman–Crippen LogP) is 4.17. The van der Waals surface area contributed by atoms with Gasteiger partial charge in [0.2, 0.25) is 0 Å². The molecule has 0 bridgehead atoms. The van der Waals surface area contributed by atoms with Crippen molar-refractivity contribution in [2.24, 2.45) is 0 Å². The van der Waals surface area contributed by atoms with Crippen molar-refractivity contribution in [1.29, 1.82) is 0 Å². The van der Waals surface area contributed by atoms with Gasteiger partial charge in [-0.05, 0) is 25.0 Å². The molecule has 0 atom stereocenters. The van der Waals surface area contributed by atoms with Gasteiger partial charge in [0.15, 0.2) is 9.84 Å². The van der Waals surface area contributed by atoms with Crippen molar-refractivity contribution in [3.8, 4) is 0 Å². The summed E-state index contributed by atoms with van der Waals surface area (Å²) in [6.07, 6.45) is -13.3. The smallest absolute Gasteiger partial charge is 0.435 e. The van der Waals surface area contributed by atoms with Crippen LogP contribution in [0.5, 0.6) is 0 Å². The molecule has 0 aromatic heterocycles. The van der Waals surface area contributed by atoms with E-state index >= 15 is 0 Å². The Kier molecular flexibility index (Phi) is 5.72. The second-order valence-electron chi connectivity index (χ2n) is 5.39. The highest BCUT2D eigenvalue weighted by atomic mass is 32.2.